The predicted octanol–water partition coefficient (Wildman–Crippen LogP) is 1.96. The van der Waals surface area contributed by atoms with Gasteiger partial charge < -0.3 is 46.3 Å². The summed E-state index contributed by atoms with van der Waals surface area (Å²) >= 11 is 0. The third-order valence-electron chi connectivity index (χ3n) is 6.63. The van der Waals surface area contributed by atoms with Crippen LogP contribution in [0.5, 0.6) is 0 Å². The number of carboxylic acid groups (broad SMARTS) is 1. The third-order valence-corrected chi connectivity index (χ3v) is 6.63. The van der Waals surface area contributed by atoms with Crippen LogP contribution in [0.3, 0.4) is 0 Å². The summed E-state index contributed by atoms with van der Waals surface area (Å²) in [5.41, 5.74) is 3.76. The molecule has 236 valence electrons. The Hall–Kier alpha value is -3.65. The standard InChI is InChI=1S/C24H27N3O3.C7H17NO5/c1-15-8-5-6-11-18(15)21-26-19(12-13-24(2,3)4)20(27-21)22(28)25-17-10-7-9-16(14-17)23(29)30;1-8-2-4(10)6(12)7(13)5(11)3-9/h5-11,14H,12-13H2,1-4H3,(H,25,28)(H,26,27)(H,29,30);4-13H,2-3H2,1H3/t;4-,5+,6+,7+/m.0/s1. The van der Waals surface area contributed by atoms with Gasteiger partial charge in [-0.15, -0.1) is 0 Å². The smallest absolute Gasteiger partial charge is 0.335 e. The Kier molecular flexibility index (Phi) is 13.4. The van der Waals surface area contributed by atoms with Crippen molar-refractivity contribution in [1.29, 1.82) is 0 Å². The summed E-state index contributed by atoms with van der Waals surface area (Å²) in [6.07, 6.45) is -4.08. The number of aliphatic hydroxyl groups excluding tert-OH is 5. The molecular formula is C31H44N4O8. The number of carboxylic acids is 1. The van der Waals surface area contributed by atoms with E-state index in [0.29, 0.717) is 23.6 Å². The molecule has 0 radical (unpaired) electrons. The largest absolute Gasteiger partial charge is 0.478 e. The van der Waals surface area contributed by atoms with Gasteiger partial charge in [0, 0.05) is 23.5 Å². The number of likely N-dealkylation sites (N-methyl/N-ethyl adjacent to an activating group) is 1. The second kappa shape index (κ2) is 16.3. The average molecular weight is 601 g/mol. The molecule has 0 aliphatic heterocycles. The van der Waals surface area contributed by atoms with Crippen molar-refractivity contribution in [2.45, 2.75) is 65.0 Å². The lowest BCUT2D eigenvalue weighted by Gasteiger charge is -2.25. The number of nitrogens with zero attached hydrogens (tertiary/aromatic N) is 1. The fraction of sp³-hybridized carbons (Fsp3) is 0.452. The minimum Gasteiger partial charge on any atom is -0.478 e. The molecule has 12 nitrogen and oxygen atoms in total. The summed E-state index contributed by atoms with van der Waals surface area (Å²) in [6.45, 7) is 7.90. The van der Waals surface area contributed by atoms with Crippen LogP contribution in [0.15, 0.2) is 48.5 Å². The van der Waals surface area contributed by atoms with E-state index in [-0.39, 0.29) is 23.4 Å². The molecule has 0 unspecified atom stereocenters. The Morgan fingerprint density at radius 2 is 1.63 bits per heavy atom. The van der Waals surface area contributed by atoms with E-state index in [0.717, 1.165) is 23.2 Å². The van der Waals surface area contributed by atoms with Gasteiger partial charge in [-0.25, -0.2) is 9.78 Å². The van der Waals surface area contributed by atoms with E-state index in [4.69, 9.17) is 20.4 Å². The molecule has 1 aromatic heterocycles. The summed E-state index contributed by atoms with van der Waals surface area (Å²) in [5.74, 6) is -0.752. The van der Waals surface area contributed by atoms with Crippen molar-refractivity contribution in [3.63, 3.8) is 0 Å². The van der Waals surface area contributed by atoms with Crippen LogP contribution >= 0.6 is 0 Å². The van der Waals surface area contributed by atoms with E-state index in [9.17, 15) is 19.8 Å². The first-order chi connectivity index (χ1) is 20.2. The third kappa shape index (κ3) is 10.8. The van der Waals surface area contributed by atoms with Crippen LogP contribution in [-0.4, -0.2) is 97.1 Å². The number of anilines is 1. The van der Waals surface area contributed by atoms with E-state index in [1.807, 2.05) is 31.2 Å². The Morgan fingerprint density at radius 3 is 2.21 bits per heavy atom. The lowest BCUT2D eigenvalue weighted by atomic mass is 9.89. The number of benzene rings is 2. The number of hydrogen-bond acceptors (Lipinski definition) is 9. The molecule has 4 atom stereocenters. The molecule has 2 aromatic carbocycles. The molecule has 0 bridgehead atoms. The van der Waals surface area contributed by atoms with Crippen LogP contribution in [0.25, 0.3) is 11.4 Å². The van der Waals surface area contributed by atoms with E-state index < -0.39 is 37.0 Å². The number of nitrogens with one attached hydrogen (secondary N) is 3. The molecule has 0 spiro atoms. The van der Waals surface area contributed by atoms with Gasteiger partial charge in [0.2, 0.25) is 0 Å². The van der Waals surface area contributed by atoms with Gasteiger partial charge in [0.25, 0.3) is 5.91 Å². The molecule has 0 fully saturated rings. The molecule has 3 rings (SSSR count). The van der Waals surface area contributed by atoms with Gasteiger partial charge >= 0.3 is 5.97 Å². The van der Waals surface area contributed by atoms with Crippen molar-refractivity contribution in [1.82, 2.24) is 15.3 Å². The number of aliphatic hydroxyl groups is 5. The SMILES string of the molecule is CNC[C@H](O)[C@@H](O)[C@H](O)[C@H](O)CO.Cc1ccccc1-c1nc(C(=O)Nc2cccc(C(=O)O)c2)c(CCC(C)(C)C)[nH]1. The van der Waals surface area contributed by atoms with Crippen LogP contribution in [0.2, 0.25) is 0 Å². The zero-order chi connectivity index (χ0) is 32.3. The number of amides is 1. The Labute approximate surface area is 251 Å². The quantitative estimate of drug-likeness (QED) is 0.148. The number of carbonyl (C=O) groups excluding carboxylic acids is 1. The summed E-state index contributed by atoms with van der Waals surface area (Å²) in [4.78, 5) is 32.2. The van der Waals surface area contributed by atoms with E-state index in [1.54, 1.807) is 19.2 Å². The fourth-order valence-electron chi connectivity index (χ4n) is 4.06. The average Bonchev–Trinajstić information content (AvgIpc) is 3.39. The number of H-pyrrole nitrogens is 1. The first-order valence-corrected chi connectivity index (χ1v) is 14.0. The monoisotopic (exact) mass is 600 g/mol. The highest BCUT2D eigenvalue weighted by Gasteiger charge is 2.29. The van der Waals surface area contributed by atoms with Gasteiger partial charge in [0.1, 0.15) is 29.8 Å². The topological polar surface area (TPSA) is 208 Å². The normalized spacial score (nSPS) is 14.2. The van der Waals surface area contributed by atoms with Gasteiger partial charge in [0.15, 0.2) is 0 Å². The minimum absolute atomic E-state index is 0.0936. The second-order valence-corrected chi connectivity index (χ2v) is 11.5. The summed E-state index contributed by atoms with van der Waals surface area (Å²) < 4.78 is 0. The number of aromatic amines is 1. The van der Waals surface area contributed by atoms with Crippen molar-refractivity contribution in [3.8, 4) is 11.4 Å². The van der Waals surface area contributed by atoms with Crippen molar-refractivity contribution < 1.29 is 40.2 Å². The molecular weight excluding hydrogens is 556 g/mol. The lowest BCUT2D eigenvalue weighted by Crippen LogP contribution is -2.48. The first kappa shape index (κ1) is 35.5. The maximum Gasteiger partial charge on any atom is 0.335 e. The maximum absolute atomic E-state index is 13.0. The molecule has 0 aliphatic rings. The zero-order valence-corrected chi connectivity index (χ0v) is 25.2. The van der Waals surface area contributed by atoms with Crippen molar-refractivity contribution >= 4 is 17.6 Å². The molecule has 9 N–H and O–H groups in total. The number of aromatic nitrogens is 2. The number of carbonyl (C=O) groups is 2. The highest BCUT2D eigenvalue weighted by Crippen LogP contribution is 2.26. The lowest BCUT2D eigenvalue weighted by molar-refractivity contribution is -0.113. The summed E-state index contributed by atoms with van der Waals surface area (Å²) in [7, 11) is 1.57. The maximum atomic E-state index is 13.0. The second-order valence-electron chi connectivity index (χ2n) is 11.5. The Morgan fingerprint density at radius 1 is 0.977 bits per heavy atom. The van der Waals surface area contributed by atoms with E-state index >= 15 is 0 Å². The van der Waals surface area contributed by atoms with Crippen LogP contribution in [0.1, 0.15) is 59.3 Å². The fourth-order valence-corrected chi connectivity index (χ4v) is 4.06. The number of aromatic carboxylic acids is 1. The molecule has 0 aliphatic carbocycles. The van der Waals surface area contributed by atoms with Crippen LogP contribution in [0, 0.1) is 12.3 Å². The summed E-state index contributed by atoms with van der Waals surface area (Å²) in [6, 6.07) is 14.1. The minimum atomic E-state index is -1.55. The van der Waals surface area contributed by atoms with Crippen molar-refractivity contribution in [2.75, 3.05) is 25.5 Å². The van der Waals surface area contributed by atoms with Gasteiger partial charge in [-0.05, 0) is 56.0 Å². The van der Waals surface area contributed by atoms with Crippen LogP contribution in [-0.2, 0) is 6.42 Å². The first-order valence-electron chi connectivity index (χ1n) is 14.0. The van der Waals surface area contributed by atoms with Crippen LogP contribution in [0.4, 0.5) is 5.69 Å². The predicted molar refractivity (Wildman–Crippen MR) is 163 cm³/mol. The van der Waals surface area contributed by atoms with Gasteiger partial charge in [0.05, 0.1) is 18.3 Å². The molecule has 1 amide bonds. The molecule has 0 saturated carbocycles. The van der Waals surface area contributed by atoms with Crippen molar-refractivity contribution in [2.24, 2.45) is 5.41 Å². The van der Waals surface area contributed by atoms with E-state index in [1.165, 1.54) is 12.1 Å². The van der Waals surface area contributed by atoms with Gasteiger partial charge in [-0.3, -0.25) is 4.79 Å². The molecule has 0 saturated heterocycles. The van der Waals surface area contributed by atoms with Gasteiger partial charge in [-0.1, -0.05) is 51.1 Å². The van der Waals surface area contributed by atoms with Crippen LogP contribution < -0.4 is 10.6 Å². The van der Waals surface area contributed by atoms with E-state index in [2.05, 4.69) is 41.4 Å². The number of imidazole rings is 1. The number of rotatable bonds is 12. The summed E-state index contributed by atoms with van der Waals surface area (Å²) in [5, 5.41) is 59.4. The molecule has 1 heterocycles. The van der Waals surface area contributed by atoms with Crippen molar-refractivity contribution in [3.05, 3.63) is 71.0 Å². The highest BCUT2D eigenvalue weighted by molar-refractivity contribution is 6.04. The Balaban J connectivity index is 0.000000420. The number of aryl methyl sites for hydroxylation is 2. The highest BCUT2D eigenvalue weighted by atomic mass is 16.4. The zero-order valence-electron chi connectivity index (χ0n) is 25.2. The molecule has 12 heteroatoms. The molecule has 43 heavy (non-hydrogen) atoms. The number of hydrogen-bond donors (Lipinski definition) is 9. The molecule has 3 aromatic rings. The Bertz CT molecular complexity index is 1340. The van der Waals surface area contributed by atoms with Gasteiger partial charge in [-0.2, -0.15) is 0 Å².